The zero-order valence-corrected chi connectivity index (χ0v) is 27.4. The van der Waals surface area contributed by atoms with Crippen LogP contribution in [-0.4, -0.2) is 81.7 Å². The molecule has 0 bridgehead atoms. The van der Waals surface area contributed by atoms with Gasteiger partial charge in [0.1, 0.15) is 6.04 Å². The molecule has 3 aromatic rings. The summed E-state index contributed by atoms with van der Waals surface area (Å²) in [5.74, 6) is -3.69. The summed E-state index contributed by atoms with van der Waals surface area (Å²) in [6.07, 6.45) is 9.08. The summed E-state index contributed by atoms with van der Waals surface area (Å²) in [6, 6.07) is 12.8. The molecule has 1 saturated carbocycles. The van der Waals surface area contributed by atoms with E-state index >= 15 is 8.78 Å². The van der Waals surface area contributed by atoms with Crippen LogP contribution in [0.4, 0.5) is 20.4 Å². The number of benzene rings is 2. The van der Waals surface area contributed by atoms with E-state index in [1.807, 2.05) is 29.4 Å². The lowest BCUT2D eigenvalue weighted by atomic mass is 9.85. The minimum Gasteiger partial charge on any atom is -0.371 e. The Morgan fingerprint density at radius 2 is 1.63 bits per heavy atom. The average molecular weight is 670 g/mol. The minimum atomic E-state index is -2.94. The average Bonchev–Trinajstić information content (AvgIpc) is 3.89. The van der Waals surface area contributed by atoms with Crippen LogP contribution in [0.25, 0.3) is 0 Å². The summed E-state index contributed by atoms with van der Waals surface area (Å²) in [5, 5.41) is 5.79. The van der Waals surface area contributed by atoms with Crippen molar-refractivity contribution >= 4 is 29.4 Å². The Morgan fingerprint density at radius 3 is 2.33 bits per heavy atom. The third kappa shape index (κ3) is 6.62. The lowest BCUT2D eigenvalue weighted by Crippen LogP contribution is -2.52. The first-order valence-corrected chi connectivity index (χ1v) is 17.5. The van der Waals surface area contributed by atoms with Crippen molar-refractivity contribution in [2.45, 2.75) is 87.9 Å². The number of carbonyl (C=O) groups is 3. The molecule has 49 heavy (non-hydrogen) atoms. The van der Waals surface area contributed by atoms with Crippen molar-refractivity contribution in [2.75, 3.05) is 36.4 Å². The molecule has 4 fully saturated rings. The normalized spacial score (nSPS) is 24.6. The number of nitrogens with one attached hydrogen (secondary N) is 2. The number of imide groups is 1. The quantitative estimate of drug-likeness (QED) is 0.329. The molecule has 12 heteroatoms. The smallest absolute Gasteiger partial charge is 0.267 e. The first-order valence-electron chi connectivity index (χ1n) is 17.5. The van der Waals surface area contributed by atoms with E-state index in [1.54, 1.807) is 18.2 Å². The van der Waals surface area contributed by atoms with Gasteiger partial charge in [-0.05, 0) is 91.4 Å². The minimum absolute atomic E-state index is 0.167. The number of amides is 3. The van der Waals surface area contributed by atoms with Crippen molar-refractivity contribution in [3.8, 4) is 0 Å². The van der Waals surface area contributed by atoms with Crippen LogP contribution in [0, 0.1) is 0 Å². The Kier molecular flexibility index (Phi) is 8.29. The Morgan fingerprint density at radius 1 is 0.878 bits per heavy atom. The maximum Gasteiger partial charge on any atom is 0.267 e. The van der Waals surface area contributed by atoms with E-state index in [4.69, 9.17) is 0 Å². The van der Waals surface area contributed by atoms with Gasteiger partial charge in [-0.15, -0.1) is 0 Å². The van der Waals surface area contributed by atoms with Gasteiger partial charge in [-0.1, -0.05) is 24.3 Å². The van der Waals surface area contributed by atoms with Crippen LogP contribution in [0.2, 0.25) is 0 Å². The van der Waals surface area contributed by atoms with Gasteiger partial charge in [0.15, 0.2) is 0 Å². The molecule has 1 unspecified atom stereocenters. The number of halogens is 2. The third-order valence-corrected chi connectivity index (χ3v) is 10.9. The molecule has 5 aliphatic rings. The SMILES string of the molecule is O=C1CCC(N2Cc3cc([C@@H]4CCN(Cc5ccc(N6CCC(Nc7ncc(C8CC8)cn7)CC6)cc5)CC4(F)F)ccc3C2=O)C(=O)N1. The van der Waals surface area contributed by atoms with Crippen molar-refractivity contribution in [1.82, 2.24) is 25.1 Å². The van der Waals surface area contributed by atoms with Gasteiger partial charge in [0.2, 0.25) is 17.8 Å². The van der Waals surface area contributed by atoms with E-state index < -0.39 is 23.8 Å². The summed E-state index contributed by atoms with van der Waals surface area (Å²) in [6.45, 7) is 2.66. The number of carbonyl (C=O) groups excluding carboxylic acids is 3. The van der Waals surface area contributed by atoms with E-state index in [2.05, 4.69) is 37.6 Å². The largest absolute Gasteiger partial charge is 0.371 e. The van der Waals surface area contributed by atoms with E-state index in [9.17, 15) is 14.4 Å². The second kappa shape index (κ2) is 12.8. The molecule has 1 aliphatic carbocycles. The maximum atomic E-state index is 15.7. The molecule has 3 amide bonds. The molecule has 1 aromatic heterocycles. The van der Waals surface area contributed by atoms with E-state index in [-0.39, 0.29) is 37.7 Å². The van der Waals surface area contributed by atoms with Gasteiger partial charge in [-0.25, -0.2) is 18.7 Å². The molecule has 4 aliphatic heterocycles. The van der Waals surface area contributed by atoms with Gasteiger partial charge in [0, 0.05) is 62.3 Å². The number of anilines is 2. The Bertz CT molecular complexity index is 1740. The molecule has 2 aromatic carbocycles. The fourth-order valence-electron chi connectivity index (χ4n) is 7.94. The molecule has 0 radical (unpaired) electrons. The summed E-state index contributed by atoms with van der Waals surface area (Å²) >= 11 is 0. The Hall–Kier alpha value is -4.45. The predicted molar refractivity (Wildman–Crippen MR) is 179 cm³/mol. The van der Waals surface area contributed by atoms with Crippen LogP contribution >= 0.6 is 0 Å². The highest BCUT2D eigenvalue weighted by Gasteiger charge is 2.46. The zero-order chi connectivity index (χ0) is 33.7. The van der Waals surface area contributed by atoms with Gasteiger partial charge < -0.3 is 15.1 Å². The first-order chi connectivity index (χ1) is 23.7. The maximum absolute atomic E-state index is 15.7. The number of likely N-dealkylation sites (tertiary alicyclic amines) is 1. The molecule has 2 atom stereocenters. The highest BCUT2D eigenvalue weighted by Crippen LogP contribution is 2.42. The van der Waals surface area contributed by atoms with Crippen LogP contribution in [0.1, 0.15) is 89.4 Å². The van der Waals surface area contributed by atoms with Gasteiger partial charge in [0.05, 0.1) is 12.5 Å². The first kappa shape index (κ1) is 31.8. The van der Waals surface area contributed by atoms with Crippen molar-refractivity contribution in [3.05, 3.63) is 82.7 Å². The van der Waals surface area contributed by atoms with Crippen LogP contribution in [0.15, 0.2) is 54.9 Å². The Labute approximate surface area is 284 Å². The summed E-state index contributed by atoms with van der Waals surface area (Å²) in [5.41, 5.74) is 4.98. The number of hydrogen-bond donors (Lipinski definition) is 2. The van der Waals surface area contributed by atoms with Gasteiger partial charge in [0.25, 0.3) is 11.8 Å². The fourth-order valence-corrected chi connectivity index (χ4v) is 7.94. The number of aromatic nitrogens is 2. The van der Waals surface area contributed by atoms with Crippen molar-refractivity contribution < 1.29 is 23.2 Å². The standard InChI is InChI=1S/C37H41F2N7O3/c38-37(39)22-44(14-13-31(37)25-5-8-30-26(17-25)21-46(35(30)49)32-9-10-33(47)43-34(32)48)20-23-1-6-29(7-2-23)45-15-11-28(12-16-45)42-36-40-18-27(19-41-36)24-3-4-24/h1-2,5-8,17-19,24,28,31-32H,3-4,9-16,20-22H2,(H,40,41,42)(H,43,47,48)/t31-,32?/m0/s1. The molecular formula is C37H41F2N7O3. The summed E-state index contributed by atoms with van der Waals surface area (Å²) < 4.78 is 31.4. The molecule has 10 nitrogen and oxygen atoms in total. The van der Waals surface area contributed by atoms with Crippen LogP contribution in [-0.2, 0) is 22.7 Å². The van der Waals surface area contributed by atoms with Gasteiger partial charge in [-0.3, -0.25) is 24.6 Å². The van der Waals surface area contributed by atoms with Gasteiger partial charge in [-0.2, -0.15) is 0 Å². The number of alkyl halides is 2. The van der Waals surface area contributed by atoms with Crippen molar-refractivity contribution in [1.29, 1.82) is 0 Å². The van der Waals surface area contributed by atoms with E-state index in [1.165, 1.54) is 23.3 Å². The highest BCUT2D eigenvalue weighted by molar-refractivity contribution is 6.05. The molecule has 2 N–H and O–H groups in total. The second-order valence-corrected chi connectivity index (χ2v) is 14.3. The monoisotopic (exact) mass is 669 g/mol. The molecule has 0 spiro atoms. The topological polar surface area (TPSA) is 111 Å². The number of hydrogen-bond acceptors (Lipinski definition) is 8. The predicted octanol–water partition coefficient (Wildman–Crippen LogP) is 4.82. The lowest BCUT2D eigenvalue weighted by molar-refractivity contribution is -0.136. The molecule has 8 rings (SSSR count). The number of fused-ring (bicyclic) bond motifs is 1. The molecule has 5 heterocycles. The Balaban J connectivity index is 0.834. The number of rotatable bonds is 8. The summed E-state index contributed by atoms with van der Waals surface area (Å²) in [7, 11) is 0. The van der Waals surface area contributed by atoms with Crippen LogP contribution < -0.4 is 15.5 Å². The lowest BCUT2D eigenvalue weighted by Gasteiger charge is -2.39. The van der Waals surface area contributed by atoms with Crippen molar-refractivity contribution in [3.63, 3.8) is 0 Å². The number of piperidine rings is 3. The number of nitrogens with zero attached hydrogens (tertiary/aromatic N) is 5. The summed E-state index contributed by atoms with van der Waals surface area (Å²) in [4.78, 5) is 51.7. The zero-order valence-electron chi connectivity index (χ0n) is 27.4. The highest BCUT2D eigenvalue weighted by atomic mass is 19.3. The molecular weight excluding hydrogens is 628 g/mol. The molecule has 3 saturated heterocycles. The van der Waals surface area contributed by atoms with Crippen LogP contribution in [0.3, 0.4) is 0 Å². The van der Waals surface area contributed by atoms with Crippen LogP contribution in [0.5, 0.6) is 0 Å². The van der Waals surface area contributed by atoms with Crippen molar-refractivity contribution in [2.24, 2.45) is 0 Å². The second-order valence-electron chi connectivity index (χ2n) is 14.3. The fraction of sp³-hybridized carbons (Fsp3) is 0.486. The van der Waals surface area contributed by atoms with Gasteiger partial charge >= 0.3 is 0 Å². The molecule has 256 valence electrons. The van der Waals surface area contributed by atoms with E-state index in [0.29, 0.717) is 54.1 Å². The van der Waals surface area contributed by atoms with E-state index in [0.717, 1.165) is 37.2 Å². The third-order valence-electron chi connectivity index (χ3n) is 10.9.